The number of hydrogen-bond acceptors (Lipinski definition) is 4. The van der Waals surface area contributed by atoms with Crippen molar-refractivity contribution in [1.82, 2.24) is 4.98 Å². The Morgan fingerprint density at radius 1 is 1.44 bits per heavy atom. The molecule has 0 aliphatic heterocycles. The maximum atomic E-state index is 5.82. The quantitative estimate of drug-likeness (QED) is 0.849. The first-order valence-corrected chi connectivity index (χ1v) is 5.95. The Bertz CT molecular complexity index is 329. The minimum atomic E-state index is 0.289. The summed E-state index contributed by atoms with van der Waals surface area (Å²) < 4.78 is 11.3. The number of nitrogens with zero attached hydrogens (tertiary/aromatic N) is 1. The number of ether oxygens (including phenoxy) is 1. The third-order valence-electron chi connectivity index (χ3n) is 3.39. The van der Waals surface area contributed by atoms with Crippen LogP contribution in [0.3, 0.4) is 0 Å². The van der Waals surface area contributed by atoms with Crippen LogP contribution >= 0.6 is 0 Å². The average molecular weight is 224 g/mol. The third-order valence-corrected chi connectivity index (χ3v) is 3.39. The highest BCUT2D eigenvalue weighted by molar-refractivity contribution is 5.04. The van der Waals surface area contributed by atoms with Gasteiger partial charge in [-0.2, -0.15) is 0 Å². The molecule has 2 unspecified atom stereocenters. The predicted octanol–water partition coefficient (Wildman–Crippen LogP) is 1.94. The van der Waals surface area contributed by atoms with Crippen LogP contribution < -0.4 is 5.73 Å². The topological polar surface area (TPSA) is 61.3 Å². The summed E-state index contributed by atoms with van der Waals surface area (Å²) in [4.78, 5) is 4.30. The van der Waals surface area contributed by atoms with Gasteiger partial charge in [-0.05, 0) is 39.2 Å². The van der Waals surface area contributed by atoms with Gasteiger partial charge in [-0.1, -0.05) is 6.42 Å². The zero-order chi connectivity index (χ0) is 11.5. The van der Waals surface area contributed by atoms with E-state index >= 15 is 0 Å². The Hall–Kier alpha value is -0.870. The standard InChI is InChI=1S/C12H20N2O2/c1-8-9(2)16-12(14-8)7-15-11-5-3-4-10(11)6-13/h10-11H,3-7,13H2,1-2H3. The second kappa shape index (κ2) is 4.97. The molecule has 2 rings (SSSR count). The van der Waals surface area contributed by atoms with Gasteiger partial charge in [0.2, 0.25) is 5.89 Å². The maximum Gasteiger partial charge on any atom is 0.220 e. The van der Waals surface area contributed by atoms with E-state index in [1.54, 1.807) is 0 Å². The molecule has 1 aliphatic rings. The van der Waals surface area contributed by atoms with Crippen molar-refractivity contribution in [3.63, 3.8) is 0 Å². The molecule has 0 aromatic carbocycles. The number of aryl methyl sites for hydroxylation is 2. The van der Waals surface area contributed by atoms with Crippen LogP contribution in [0.15, 0.2) is 4.42 Å². The Labute approximate surface area is 96.2 Å². The van der Waals surface area contributed by atoms with E-state index in [1.807, 2.05) is 13.8 Å². The van der Waals surface area contributed by atoms with Crippen LogP contribution in [-0.2, 0) is 11.3 Å². The molecule has 0 radical (unpaired) electrons. The van der Waals surface area contributed by atoms with Gasteiger partial charge in [0.25, 0.3) is 0 Å². The molecule has 16 heavy (non-hydrogen) atoms. The molecule has 90 valence electrons. The molecule has 1 saturated carbocycles. The molecule has 1 fully saturated rings. The van der Waals surface area contributed by atoms with Crippen molar-refractivity contribution in [1.29, 1.82) is 0 Å². The molecule has 1 aromatic rings. The predicted molar refractivity (Wildman–Crippen MR) is 60.9 cm³/mol. The van der Waals surface area contributed by atoms with Crippen LogP contribution in [0.25, 0.3) is 0 Å². The summed E-state index contributed by atoms with van der Waals surface area (Å²) in [5.41, 5.74) is 6.65. The minimum absolute atomic E-state index is 0.289. The molecular weight excluding hydrogens is 204 g/mol. The van der Waals surface area contributed by atoms with Crippen LogP contribution in [-0.4, -0.2) is 17.6 Å². The highest BCUT2D eigenvalue weighted by Crippen LogP contribution is 2.28. The fourth-order valence-corrected chi connectivity index (χ4v) is 2.27. The number of oxazole rings is 1. The molecule has 2 N–H and O–H groups in total. The zero-order valence-corrected chi connectivity index (χ0v) is 10.0. The van der Waals surface area contributed by atoms with Gasteiger partial charge < -0.3 is 14.9 Å². The second-order valence-corrected chi connectivity index (χ2v) is 4.53. The smallest absolute Gasteiger partial charge is 0.220 e. The van der Waals surface area contributed by atoms with Crippen molar-refractivity contribution in [2.45, 2.75) is 45.8 Å². The van der Waals surface area contributed by atoms with Gasteiger partial charge in [0, 0.05) is 0 Å². The number of aromatic nitrogens is 1. The van der Waals surface area contributed by atoms with Gasteiger partial charge in [0.05, 0.1) is 11.8 Å². The fourth-order valence-electron chi connectivity index (χ4n) is 2.27. The molecule has 4 heteroatoms. The lowest BCUT2D eigenvalue weighted by atomic mass is 10.1. The molecule has 0 bridgehead atoms. The van der Waals surface area contributed by atoms with Crippen LogP contribution in [0.5, 0.6) is 0 Å². The average Bonchev–Trinajstić information content (AvgIpc) is 2.83. The lowest BCUT2D eigenvalue weighted by Crippen LogP contribution is -2.25. The summed E-state index contributed by atoms with van der Waals surface area (Å²) in [7, 11) is 0. The molecular formula is C12H20N2O2. The van der Waals surface area contributed by atoms with E-state index in [1.165, 1.54) is 12.8 Å². The Morgan fingerprint density at radius 3 is 2.88 bits per heavy atom. The lowest BCUT2D eigenvalue weighted by Gasteiger charge is -2.17. The van der Waals surface area contributed by atoms with Crippen molar-refractivity contribution in [2.75, 3.05) is 6.54 Å². The van der Waals surface area contributed by atoms with Crippen molar-refractivity contribution < 1.29 is 9.15 Å². The number of rotatable bonds is 4. The number of hydrogen-bond donors (Lipinski definition) is 1. The summed E-state index contributed by atoms with van der Waals surface area (Å²) in [5, 5.41) is 0. The van der Waals surface area contributed by atoms with Gasteiger partial charge in [0.15, 0.2) is 0 Å². The van der Waals surface area contributed by atoms with Crippen molar-refractivity contribution in [3.05, 3.63) is 17.3 Å². The highest BCUT2D eigenvalue weighted by atomic mass is 16.5. The third kappa shape index (κ3) is 2.44. The molecule has 2 atom stereocenters. The van der Waals surface area contributed by atoms with E-state index in [2.05, 4.69) is 4.98 Å². The maximum absolute atomic E-state index is 5.82. The van der Waals surface area contributed by atoms with Gasteiger partial charge in [-0.15, -0.1) is 0 Å². The fraction of sp³-hybridized carbons (Fsp3) is 0.750. The number of nitrogens with two attached hydrogens (primary N) is 1. The van der Waals surface area contributed by atoms with Crippen LogP contribution in [0.2, 0.25) is 0 Å². The zero-order valence-electron chi connectivity index (χ0n) is 10.0. The molecule has 0 saturated heterocycles. The van der Waals surface area contributed by atoms with E-state index in [9.17, 15) is 0 Å². The van der Waals surface area contributed by atoms with E-state index in [4.69, 9.17) is 14.9 Å². The van der Waals surface area contributed by atoms with Crippen LogP contribution in [0.4, 0.5) is 0 Å². The molecule has 1 heterocycles. The monoisotopic (exact) mass is 224 g/mol. The molecule has 4 nitrogen and oxygen atoms in total. The Kier molecular flexibility index (Phi) is 3.61. The van der Waals surface area contributed by atoms with Gasteiger partial charge >= 0.3 is 0 Å². The van der Waals surface area contributed by atoms with Crippen LogP contribution in [0, 0.1) is 19.8 Å². The van der Waals surface area contributed by atoms with Crippen molar-refractivity contribution in [2.24, 2.45) is 11.7 Å². The molecule has 0 amide bonds. The Morgan fingerprint density at radius 2 is 2.25 bits per heavy atom. The summed E-state index contributed by atoms with van der Waals surface area (Å²) >= 11 is 0. The second-order valence-electron chi connectivity index (χ2n) is 4.53. The summed E-state index contributed by atoms with van der Waals surface area (Å²) in [6.45, 7) is 5.05. The van der Waals surface area contributed by atoms with E-state index in [0.29, 0.717) is 25.0 Å². The van der Waals surface area contributed by atoms with E-state index in [0.717, 1.165) is 17.9 Å². The Balaban J connectivity index is 1.87. The molecule has 1 aliphatic carbocycles. The van der Waals surface area contributed by atoms with Crippen LogP contribution in [0.1, 0.15) is 36.6 Å². The molecule has 1 aromatic heterocycles. The largest absolute Gasteiger partial charge is 0.443 e. The van der Waals surface area contributed by atoms with Gasteiger partial charge in [0.1, 0.15) is 12.4 Å². The summed E-state index contributed by atoms with van der Waals surface area (Å²) in [6.07, 6.45) is 3.80. The first-order chi connectivity index (χ1) is 7.70. The normalized spacial score (nSPS) is 25.2. The van der Waals surface area contributed by atoms with Crippen molar-refractivity contribution >= 4 is 0 Å². The van der Waals surface area contributed by atoms with E-state index < -0.39 is 0 Å². The van der Waals surface area contributed by atoms with Gasteiger partial charge in [-0.3, -0.25) is 0 Å². The lowest BCUT2D eigenvalue weighted by molar-refractivity contribution is 0.00750. The first-order valence-electron chi connectivity index (χ1n) is 5.95. The van der Waals surface area contributed by atoms with Gasteiger partial charge in [-0.25, -0.2) is 4.98 Å². The minimum Gasteiger partial charge on any atom is -0.443 e. The summed E-state index contributed by atoms with van der Waals surface area (Å²) in [6, 6.07) is 0. The van der Waals surface area contributed by atoms with E-state index in [-0.39, 0.29) is 6.10 Å². The highest BCUT2D eigenvalue weighted by Gasteiger charge is 2.27. The van der Waals surface area contributed by atoms with Crippen molar-refractivity contribution in [3.8, 4) is 0 Å². The summed E-state index contributed by atoms with van der Waals surface area (Å²) in [5.74, 6) is 2.07. The SMILES string of the molecule is Cc1nc(COC2CCCC2CN)oc1C. The first kappa shape index (κ1) is 11.6. The molecule has 0 spiro atoms.